The van der Waals surface area contributed by atoms with E-state index < -0.39 is 0 Å². The van der Waals surface area contributed by atoms with Gasteiger partial charge in [-0.1, -0.05) is 39.5 Å². The van der Waals surface area contributed by atoms with Crippen LogP contribution in [0.4, 0.5) is 5.69 Å². The lowest BCUT2D eigenvalue weighted by Gasteiger charge is -2.30. The number of nitrogens with one attached hydrogen (secondary N) is 2. The van der Waals surface area contributed by atoms with Gasteiger partial charge in [0.1, 0.15) is 0 Å². The van der Waals surface area contributed by atoms with Crippen LogP contribution in [-0.4, -0.2) is 74.8 Å². The Morgan fingerprint density at radius 1 is 1.11 bits per heavy atom. The summed E-state index contributed by atoms with van der Waals surface area (Å²) < 4.78 is 0. The number of nitrogens with zero attached hydrogens (tertiary/aromatic N) is 3. The summed E-state index contributed by atoms with van der Waals surface area (Å²) in [6, 6.07) is 8.97. The first-order chi connectivity index (χ1) is 16.9. The van der Waals surface area contributed by atoms with Gasteiger partial charge in [0, 0.05) is 41.2 Å². The second-order valence-corrected chi connectivity index (χ2v) is 7.89. The largest absolute Gasteiger partial charge is 0.330 e. The average molecular weight is 483 g/mol. The first-order valence-corrected chi connectivity index (χ1v) is 12.3. The van der Waals surface area contributed by atoms with E-state index in [0.29, 0.717) is 35.3 Å². The van der Waals surface area contributed by atoms with Gasteiger partial charge in [-0.2, -0.15) is 0 Å². The molecule has 1 aliphatic heterocycles. The van der Waals surface area contributed by atoms with Gasteiger partial charge < -0.3 is 20.9 Å². The highest BCUT2D eigenvalue weighted by Crippen LogP contribution is 2.35. The quantitative estimate of drug-likeness (QED) is 0.194. The second kappa shape index (κ2) is 15.8. The first kappa shape index (κ1) is 30.0. The molecule has 8 nitrogen and oxygen atoms in total. The number of benzene rings is 2. The zero-order chi connectivity index (χ0) is 26.4. The molecule has 0 fully saturated rings. The number of hydrogen-bond donors (Lipinski definition) is 3. The van der Waals surface area contributed by atoms with Crippen molar-refractivity contribution in [3.05, 3.63) is 54.2 Å². The van der Waals surface area contributed by atoms with Crippen LogP contribution in [0.3, 0.4) is 0 Å². The predicted molar refractivity (Wildman–Crippen MR) is 148 cm³/mol. The third kappa shape index (κ3) is 7.45. The normalized spacial score (nSPS) is 12.0. The van der Waals surface area contributed by atoms with Gasteiger partial charge in [-0.05, 0) is 64.8 Å². The molecule has 8 heteroatoms. The summed E-state index contributed by atoms with van der Waals surface area (Å²) in [6.45, 7) is 13.4. The van der Waals surface area contributed by atoms with Gasteiger partial charge in [0.05, 0.1) is 12.0 Å². The lowest BCUT2D eigenvalue weighted by atomic mass is 9.92. The van der Waals surface area contributed by atoms with Gasteiger partial charge in [-0.3, -0.25) is 19.9 Å². The van der Waals surface area contributed by atoms with Crippen LogP contribution in [0.15, 0.2) is 43.1 Å². The summed E-state index contributed by atoms with van der Waals surface area (Å²) in [5, 5.41) is 12.1. The van der Waals surface area contributed by atoms with Crippen LogP contribution in [-0.2, 0) is 0 Å². The van der Waals surface area contributed by atoms with Crippen molar-refractivity contribution >= 4 is 34.6 Å². The number of rotatable bonds is 11. The van der Waals surface area contributed by atoms with Crippen LogP contribution in [0.2, 0.25) is 0 Å². The van der Waals surface area contributed by atoms with Gasteiger partial charge in [0.15, 0.2) is 0 Å². The van der Waals surface area contributed by atoms with Crippen LogP contribution in [0.5, 0.6) is 0 Å². The van der Waals surface area contributed by atoms with Crippen molar-refractivity contribution in [1.29, 1.82) is 5.41 Å². The number of carbonyl (C=O) groups excluding carboxylic acids is 2. The molecule has 0 atom stereocenters. The number of amides is 2. The highest BCUT2D eigenvalue weighted by atomic mass is 16.2. The molecule has 1 heterocycles. The predicted octanol–water partition coefficient (Wildman–Crippen LogP) is 3.92. The van der Waals surface area contributed by atoms with Crippen molar-refractivity contribution in [3.8, 4) is 0 Å². The minimum Gasteiger partial charge on any atom is -0.330 e. The van der Waals surface area contributed by atoms with Crippen LogP contribution in [0, 0.1) is 5.41 Å². The average Bonchev–Trinajstić information content (AvgIpc) is 2.89. The third-order valence-electron chi connectivity index (χ3n) is 5.54. The summed E-state index contributed by atoms with van der Waals surface area (Å²) in [4.78, 5) is 31.2. The fourth-order valence-corrected chi connectivity index (χ4v) is 3.69. The number of likely N-dealkylation sites (N-methyl/N-ethyl adjacent to an activating group) is 1. The van der Waals surface area contributed by atoms with Crippen molar-refractivity contribution in [2.75, 3.05) is 51.7 Å². The SMILES string of the molecule is C=CN(C=N)c1ccc2c3c(cccc13)C(=O)N(CCN(C)CCCNC)C2=O.CC.CCCN. The maximum atomic E-state index is 13.1. The van der Waals surface area contributed by atoms with Crippen LogP contribution >= 0.6 is 0 Å². The molecule has 4 N–H and O–H groups in total. The van der Waals surface area contributed by atoms with Crippen molar-refractivity contribution in [1.82, 2.24) is 15.1 Å². The molecule has 35 heavy (non-hydrogen) atoms. The molecule has 2 aromatic rings. The highest BCUT2D eigenvalue weighted by molar-refractivity contribution is 6.27. The van der Waals surface area contributed by atoms with Crippen LogP contribution in [0.1, 0.15) is 54.3 Å². The van der Waals surface area contributed by atoms with Crippen molar-refractivity contribution < 1.29 is 9.59 Å². The molecular weight excluding hydrogens is 440 g/mol. The van der Waals surface area contributed by atoms with Gasteiger partial charge in [0.2, 0.25) is 0 Å². The number of nitrogens with two attached hydrogens (primary N) is 1. The maximum absolute atomic E-state index is 13.1. The fourth-order valence-electron chi connectivity index (χ4n) is 3.69. The Bertz CT molecular complexity index is 959. The number of anilines is 1. The molecule has 0 aromatic heterocycles. The number of carbonyl (C=O) groups is 2. The Labute approximate surface area is 210 Å². The molecule has 0 spiro atoms. The summed E-state index contributed by atoms with van der Waals surface area (Å²) in [5.74, 6) is -0.539. The van der Waals surface area contributed by atoms with Crippen molar-refractivity contribution in [2.45, 2.75) is 33.6 Å². The minimum absolute atomic E-state index is 0.270. The topological polar surface area (TPSA) is 106 Å². The molecular formula is C27H42N6O2. The highest BCUT2D eigenvalue weighted by Gasteiger charge is 2.33. The molecule has 0 radical (unpaired) electrons. The van der Waals surface area contributed by atoms with Gasteiger partial charge in [0.25, 0.3) is 11.8 Å². The molecule has 192 valence electrons. The zero-order valence-electron chi connectivity index (χ0n) is 21.9. The summed E-state index contributed by atoms with van der Waals surface area (Å²) in [7, 11) is 3.92. The van der Waals surface area contributed by atoms with E-state index >= 15 is 0 Å². The van der Waals surface area contributed by atoms with E-state index in [9.17, 15) is 9.59 Å². The summed E-state index contributed by atoms with van der Waals surface area (Å²) >= 11 is 0. The molecule has 2 amide bonds. The minimum atomic E-state index is -0.270. The van der Waals surface area contributed by atoms with Gasteiger partial charge >= 0.3 is 0 Å². The van der Waals surface area contributed by atoms with Crippen molar-refractivity contribution in [3.63, 3.8) is 0 Å². The Hall–Kier alpha value is -3.07. The fraction of sp³-hybridized carbons (Fsp3) is 0.444. The Morgan fingerprint density at radius 3 is 2.29 bits per heavy atom. The van der Waals surface area contributed by atoms with Crippen LogP contribution < -0.4 is 16.0 Å². The molecule has 0 saturated carbocycles. The van der Waals surface area contributed by atoms with E-state index in [2.05, 4.69) is 23.7 Å². The third-order valence-corrected chi connectivity index (χ3v) is 5.54. The molecule has 0 aliphatic carbocycles. The smallest absolute Gasteiger partial charge is 0.261 e. The lowest BCUT2D eigenvalue weighted by molar-refractivity contribution is 0.0597. The lowest BCUT2D eigenvalue weighted by Crippen LogP contribution is -2.44. The Morgan fingerprint density at radius 2 is 1.74 bits per heavy atom. The molecule has 3 rings (SSSR count). The van der Waals surface area contributed by atoms with E-state index in [0.717, 1.165) is 44.2 Å². The Balaban J connectivity index is 0.000000926. The molecule has 1 aliphatic rings. The first-order valence-electron chi connectivity index (χ1n) is 12.3. The maximum Gasteiger partial charge on any atom is 0.261 e. The van der Waals surface area contributed by atoms with Gasteiger partial charge in [-0.25, -0.2) is 0 Å². The van der Waals surface area contributed by atoms with E-state index in [1.54, 1.807) is 23.1 Å². The molecule has 0 saturated heterocycles. The van der Waals surface area contributed by atoms with Gasteiger partial charge in [-0.15, -0.1) is 0 Å². The zero-order valence-corrected chi connectivity index (χ0v) is 21.9. The van der Waals surface area contributed by atoms with E-state index in [1.165, 1.54) is 11.1 Å². The van der Waals surface area contributed by atoms with E-state index in [4.69, 9.17) is 11.1 Å². The summed E-state index contributed by atoms with van der Waals surface area (Å²) in [5.41, 5.74) is 6.78. The monoisotopic (exact) mass is 482 g/mol. The van der Waals surface area contributed by atoms with Crippen molar-refractivity contribution in [2.24, 2.45) is 5.73 Å². The van der Waals surface area contributed by atoms with E-state index in [-0.39, 0.29) is 11.8 Å². The molecule has 2 aromatic carbocycles. The Kier molecular flexibility index (Phi) is 13.5. The number of imide groups is 1. The number of hydrogen-bond acceptors (Lipinski definition) is 6. The summed E-state index contributed by atoms with van der Waals surface area (Å²) in [6.07, 6.45) is 4.78. The standard InChI is InChI=1S/C22H27N5O2.C3H9N.C2H6/c1-4-26(15-23)19-10-9-18-20-16(19)7-5-8-17(20)21(28)27(22(18)29)14-13-25(3)12-6-11-24-2;1-2-3-4;1-2/h4-5,7-10,15,23-24H,1,6,11-14H2,2-3H3;2-4H2,1H3;1-2H3. The van der Waals surface area contributed by atoms with E-state index in [1.807, 2.05) is 40.1 Å². The molecule has 0 unspecified atom stereocenters. The molecule has 0 bridgehead atoms. The second-order valence-electron chi connectivity index (χ2n) is 7.89. The van der Waals surface area contributed by atoms with Crippen LogP contribution in [0.25, 0.3) is 10.8 Å².